The Kier molecular flexibility index (Phi) is 5.06. The predicted octanol–water partition coefficient (Wildman–Crippen LogP) is 3.60. The van der Waals surface area contributed by atoms with Crippen LogP contribution in [0.1, 0.15) is 36.7 Å². The van der Waals surface area contributed by atoms with Gasteiger partial charge in [-0.25, -0.2) is 17.5 Å². The fraction of sp³-hybridized carbons (Fsp3) is 0.316. The van der Waals surface area contributed by atoms with Gasteiger partial charge in [0.1, 0.15) is 0 Å². The summed E-state index contributed by atoms with van der Waals surface area (Å²) in [6.45, 7) is 6.31. The third-order valence-corrected chi connectivity index (χ3v) is 5.90. The normalized spacial score (nSPS) is 12.4. The van der Waals surface area contributed by atoms with Crippen LogP contribution in [0.25, 0.3) is 11.1 Å². The lowest BCUT2D eigenvalue weighted by Crippen LogP contribution is -2.23. The van der Waals surface area contributed by atoms with E-state index in [0.717, 1.165) is 15.4 Å². The molecule has 0 aliphatic rings. The van der Waals surface area contributed by atoms with Crippen molar-refractivity contribution in [2.45, 2.75) is 31.1 Å². The number of carbonyl (C=O) groups is 1. The van der Waals surface area contributed by atoms with Gasteiger partial charge in [-0.05, 0) is 28.7 Å². The number of carboxylic acid groups (broad SMARTS) is 1. The molecular formula is C19H23NO4S. The van der Waals surface area contributed by atoms with Crippen molar-refractivity contribution in [3.63, 3.8) is 0 Å². The summed E-state index contributed by atoms with van der Waals surface area (Å²) in [5.74, 6) is -1.16. The number of benzene rings is 2. The summed E-state index contributed by atoms with van der Waals surface area (Å²) < 4.78 is 26.4. The molecule has 0 aliphatic carbocycles. The van der Waals surface area contributed by atoms with Gasteiger partial charge in [0.15, 0.2) is 0 Å². The summed E-state index contributed by atoms with van der Waals surface area (Å²) in [6, 6.07) is 11.8. The van der Waals surface area contributed by atoms with E-state index in [4.69, 9.17) is 0 Å². The Morgan fingerprint density at radius 2 is 1.56 bits per heavy atom. The third-order valence-electron chi connectivity index (χ3n) is 4.05. The van der Waals surface area contributed by atoms with Gasteiger partial charge < -0.3 is 5.11 Å². The molecule has 1 N–H and O–H groups in total. The van der Waals surface area contributed by atoms with Crippen molar-refractivity contribution >= 4 is 16.0 Å². The van der Waals surface area contributed by atoms with Crippen molar-refractivity contribution in [1.82, 2.24) is 4.31 Å². The number of sulfonamides is 1. The number of hydrogen-bond donors (Lipinski definition) is 1. The van der Waals surface area contributed by atoms with Crippen molar-refractivity contribution in [3.8, 4) is 11.1 Å². The number of rotatable bonds is 4. The number of nitrogens with zero attached hydrogens (tertiary/aromatic N) is 1. The van der Waals surface area contributed by atoms with Gasteiger partial charge >= 0.3 is 5.97 Å². The largest absolute Gasteiger partial charge is 0.478 e. The van der Waals surface area contributed by atoms with E-state index in [-0.39, 0.29) is 15.9 Å². The summed E-state index contributed by atoms with van der Waals surface area (Å²) >= 11 is 0. The topological polar surface area (TPSA) is 74.7 Å². The van der Waals surface area contributed by atoms with Crippen LogP contribution in [0.5, 0.6) is 0 Å². The molecule has 0 atom stereocenters. The standard InChI is InChI=1S/C19H23NO4S/c1-19(2,3)15-9-6-13(7-10-15)16-11-8-14(18(21)22)12-17(16)25(23,24)20(4)5/h6-12H,1-5H3,(H,21,22). The van der Waals surface area contributed by atoms with Crippen LogP contribution < -0.4 is 0 Å². The molecule has 0 saturated heterocycles. The van der Waals surface area contributed by atoms with Gasteiger partial charge in [0.05, 0.1) is 10.5 Å². The average Bonchev–Trinajstić information content (AvgIpc) is 2.53. The second kappa shape index (κ2) is 6.61. The fourth-order valence-corrected chi connectivity index (χ4v) is 3.59. The molecule has 0 unspecified atom stereocenters. The Morgan fingerprint density at radius 1 is 1.00 bits per heavy atom. The highest BCUT2D eigenvalue weighted by atomic mass is 32.2. The lowest BCUT2D eigenvalue weighted by molar-refractivity contribution is 0.0696. The summed E-state index contributed by atoms with van der Waals surface area (Å²) in [7, 11) is -0.929. The summed E-state index contributed by atoms with van der Waals surface area (Å²) in [4.78, 5) is 11.2. The molecular weight excluding hydrogens is 338 g/mol. The van der Waals surface area contributed by atoms with E-state index in [1.54, 1.807) is 6.07 Å². The first-order valence-corrected chi connectivity index (χ1v) is 9.29. The molecule has 0 aromatic heterocycles. The zero-order chi connectivity index (χ0) is 19.0. The van der Waals surface area contributed by atoms with Crippen molar-refractivity contribution in [3.05, 3.63) is 53.6 Å². The van der Waals surface area contributed by atoms with Crippen molar-refractivity contribution in [2.75, 3.05) is 14.1 Å². The van der Waals surface area contributed by atoms with Crippen molar-refractivity contribution < 1.29 is 18.3 Å². The minimum atomic E-state index is -3.78. The van der Waals surface area contributed by atoms with Gasteiger partial charge in [-0.15, -0.1) is 0 Å². The van der Waals surface area contributed by atoms with E-state index in [9.17, 15) is 18.3 Å². The maximum absolute atomic E-state index is 12.7. The van der Waals surface area contributed by atoms with Crippen LogP contribution in [0.2, 0.25) is 0 Å². The van der Waals surface area contributed by atoms with Gasteiger partial charge in [0.2, 0.25) is 10.0 Å². The molecule has 0 spiro atoms. The monoisotopic (exact) mass is 361 g/mol. The van der Waals surface area contributed by atoms with Crippen LogP contribution in [0.3, 0.4) is 0 Å². The van der Waals surface area contributed by atoms with Gasteiger partial charge in [-0.1, -0.05) is 51.1 Å². The molecule has 0 fully saturated rings. The van der Waals surface area contributed by atoms with Crippen LogP contribution in [0, 0.1) is 0 Å². The molecule has 2 rings (SSSR count). The Morgan fingerprint density at radius 3 is 2.00 bits per heavy atom. The van der Waals surface area contributed by atoms with Crippen LogP contribution in [-0.2, 0) is 15.4 Å². The Labute approximate surface area is 149 Å². The van der Waals surface area contributed by atoms with E-state index >= 15 is 0 Å². The first-order chi connectivity index (χ1) is 11.4. The summed E-state index contributed by atoms with van der Waals surface area (Å²) in [5, 5.41) is 9.19. The second-order valence-corrected chi connectivity index (χ2v) is 9.25. The molecule has 6 heteroatoms. The van der Waals surface area contributed by atoms with Gasteiger partial charge in [-0.2, -0.15) is 0 Å². The minimum absolute atomic E-state index is 0.00968. The second-order valence-electron chi connectivity index (χ2n) is 7.13. The number of hydrogen-bond acceptors (Lipinski definition) is 3. The molecule has 25 heavy (non-hydrogen) atoms. The minimum Gasteiger partial charge on any atom is -0.478 e. The summed E-state index contributed by atoms with van der Waals surface area (Å²) in [6.07, 6.45) is 0. The van der Waals surface area contributed by atoms with Crippen LogP contribution in [0.4, 0.5) is 0 Å². The zero-order valence-electron chi connectivity index (χ0n) is 15.1. The molecule has 5 nitrogen and oxygen atoms in total. The van der Waals surface area contributed by atoms with Crippen molar-refractivity contribution in [2.24, 2.45) is 0 Å². The number of carboxylic acids is 1. The van der Waals surface area contributed by atoms with E-state index in [0.29, 0.717) is 5.56 Å². The quantitative estimate of drug-likeness (QED) is 0.903. The number of aromatic carboxylic acids is 1. The van der Waals surface area contributed by atoms with E-state index in [1.807, 2.05) is 24.3 Å². The summed E-state index contributed by atoms with van der Waals surface area (Å²) in [5.41, 5.74) is 2.28. The Hall–Kier alpha value is -2.18. The van der Waals surface area contributed by atoms with E-state index in [1.165, 1.54) is 26.2 Å². The van der Waals surface area contributed by atoms with Crippen LogP contribution in [-0.4, -0.2) is 37.9 Å². The van der Waals surface area contributed by atoms with Gasteiger partial charge in [0.25, 0.3) is 0 Å². The molecule has 2 aromatic rings. The van der Waals surface area contributed by atoms with E-state index < -0.39 is 16.0 Å². The first kappa shape index (κ1) is 19.1. The fourth-order valence-electron chi connectivity index (χ4n) is 2.45. The molecule has 134 valence electrons. The third kappa shape index (κ3) is 3.91. The predicted molar refractivity (Wildman–Crippen MR) is 98.4 cm³/mol. The molecule has 0 bridgehead atoms. The average molecular weight is 361 g/mol. The Bertz CT molecular complexity index is 892. The SMILES string of the molecule is CN(C)S(=O)(=O)c1cc(C(=O)O)ccc1-c1ccc(C(C)(C)C)cc1. The van der Waals surface area contributed by atoms with Gasteiger partial charge in [0, 0.05) is 19.7 Å². The highest BCUT2D eigenvalue weighted by molar-refractivity contribution is 7.89. The molecule has 0 aliphatic heterocycles. The maximum Gasteiger partial charge on any atom is 0.335 e. The molecule has 0 saturated carbocycles. The lowest BCUT2D eigenvalue weighted by atomic mass is 9.86. The molecule has 0 radical (unpaired) electrons. The Balaban J connectivity index is 2.67. The first-order valence-electron chi connectivity index (χ1n) is 7.85. The maximum atomic E-state index is 12.7. The molecule has 2 aromatic carbocycles. The highest BCUT2D eigenvalue weighted by Crippen LogP contribution is 2.32. The van der Waals surface area contributed by atoms with Crippen molar-refractivity contribution in [1.29, 1.82) is 0 Å². The van der Waals surface area contributed by atoms with Gasteiger partial charge in [-0.3, -0.25) is 0 Å². The zero-order valence-corrected chi connectivity index (χ0v) is 15.9. The van der Waals surface area contributed by atoms with Crippen LogP contribution in [0.15, 0.2) is 47.4 Å². The lowest BCUT2D eigenvalue weighted by Gasteiger charge is -2.20. The smallest absolute Gasteiger partial charge is 0.335 e. The van der Waals surface area contributed by atoms with E-state index in [2.05, 4.69) is 20.8 Å². The van der Waals surface area contributed by atoms with Crippen LogP contribution >= 0.6 is 0 Å². The highest BCUT2D eigenvalue weighted by Gasteiger charge is 2.24. The molecule has 0 heterocycles. The molecule has 0 amide bonds.